The molecule has 0 aliphatic carbocycles. The molecular weight excluding hydrogens is 170 g/mol. The first kappa shape index (κ1) is 13.2. The number of aromatic nitrogens is 1. The van der Waals surface area contributed by atoms with Crippen molar-refractivity contribution in [2.75, 3.05) is 0 Å². The summed E-state index contributed by atoms with van der Waals surface area (Å²) in [6.45, 7) is 8.38. The topological polar surface area (TPSA) is 12.9 Å². The van der Waals surface area contributed by atoms with Crippen molar-refractivity contribution in [1.82, 2.24) is 4.98 Å². The van der Waals surface area contributed by atoms with Gasteiger partial charge in [-0.25, -0.2) is 0 Å². The van der Waals surface area contributed by atoms with Crippen molar-refractivity contribution in [3.8, 4) is 0 Å². The fourth-order valence-electron chi connectivity index (χ4n) is 1.32. The van der Waals surface area contributed by atoms with Crippen LogP contribution in [0.25, 0.3) is 0 Å². The van der Waals surface area contributed by atoms with Gasteiger partial charge in [-0.05, 0) is 25.0 Å². The average Bonchev–Trinajstić information content (AvgIpc) is 2.22. The zero-order chi connectivity index (χ0) is 10.8. The second-order valence-corrected chi connectivity index (χ2v) is 3.12. The molecule has 0 aliphatic rings. The predicted octanol–water partition coefficient (Wildman–Crippen LogP) is 4.01. The van der Waals surface area contributed by atoms with Crippen LogP contribution in [0.4, 0.5) is 0 Å². The summed E-state index contributed by atoms with van der Waals surface area (Å²) in [4.78, 5) is 4.55. The summed E-state index contributed by atoms with van der Waals surface area (Å²) in [5, 5.41) is 0. The molecule has 0 saturated carbocycles. The molecule has 0 spiro atoms. The molecule has 14 heavy (non-hydrogen) atoms. The number of hydrogen-bond acceptors (Lipinski definition) is 1. The molecule has 0 aromatic carbocycles. The van der Waals surface area contributed by atoms with Crippen LogP contribution in [0.2, 0.25) is 0 Å². The highest BCUT2D eigenvalue weighted by Gasteiger charge is 1.95. The van der Waals surface area contributed by atoms with Crippen LogP contribution in [0, 0.1) is 0 Å². The largest absolute Gasteiger partial charge is 0.258 e. The lowest BCUT2D eigenvalue weighted by Gasteiger charge is -2.01. The van der Waals surface area contributed by atoms with Gasteiger partial charge in [0.2, 0.25) is 0 Å². The Balaban J connectivity index is 0.000000791. The molecule has 1 heteroatoms. The van der Waals surface area contributed by atoms with Gasteiger partial charge in [0.1, 0.15) is 0 Å². The van der Waals surface area contributed by atoms with Gasteiger partial charge in [-0.15, -0.1) is 0 Å². The minimum atomic E-state index is 1.11. The van der Waals surface area contributed by atoms with E-state index in [9.17, 15) is 0 Å². The van der Waals surface area contributed by atoms with Crippen molar-refractivity contribution in [3.05, 3.63) is 29.6 Å². The second-order valence-electron chi connectivity index (χ2n) is 3.12. The Labute approximate surface area is 88.6 Å². The highest BCUT2D eigenvalue weighted by molar-refractivity contribution is 5.11. The van der Waals surface area contributed by atoms with Gasteiger partial charge in [0.25, 0.3) is 0 Å². The van der Waals surface area contributed by atoms with E-state index in [1.165, 1.54) is 24.2 Å². The quantitative estimate of drug-likeness (QED) is 0.704. The maximum absolute atomic E-state index is 4.55. The van der Waals surface area contributed by atoms with Crippen molar-refractivity contribution in [2.24, 2.45) is 0 Å². The van der Waals surface area contributed by atoms with Crippen molar-refractivity contribution in [2.45, 2.75) is 53.4 Å². The zero-order valence-electron chi connectivity index (χ0n) is 10.0. The zero-order valence-corrected chi connectivity index (χ0v) is 10.0. The Bertz CT molecular complexity index is 209. The summed E-state index contributed by atoms with van der Waals surface area (Å²) < 4.78 is 0. The second kappa shape index (κ2) is 8.74. The van der Waals surface area contributed by atoms with Gasteiger partial charge in [0.05, 0.1) is 0 Å². The monoisotopic (exact) mass is 193 g/mol. The van der Waals surface area contributed by atoms with Gasteiger partial charge in [0.15, 0.2) is 0 Å². The predicted molar refractivity (Wildman–Crippen MR) is 63.6 cm³/mol. The highest BCUT2D eigenvalue weighted by atomic mass is 14.7. The summed E-state index contributed by atoms with van der Waals surface area (Å²) in [6.07, 6.45) is 4.58. The Morgan fingerprint density at radius 1 is 0.929 bits per heavy atom. The molecule has 1 rings (SSSR count). The number of nitrogens with zero attached hydrogens (tertiary/aromatic N) is 1. The standard InChI is InChI=1S/C11H17N.C2H6/c1-3-6-10-8-5-9-11(12-10)7-4-2;1-2/h5,8-9H,3-4,6-7H2,1-2H3;1-2H3. The number of rotatable bonds is 4. The van der Waals surface area contributed by atoms with Crippen LogP contribution in [0.15, 0.2) is 18.2 Å². The molecule has 1 aromatic heterocycles. The van der Waals surface area contributed by atoms with Crippen LogP contribution in [0.5, 0.6) is 0 Å². The molecule has 1 heterocycles. The van der Waals surface area contributed by atoms with Gasteiger partial charge in [0, 0.05) is 11.4 Å². The number of pyridine rings is 1. The molecule has 80 valence electrons. The van der Waals surface area contributed by atoms with Crippen molar-refractivity contribution >= 4 is 0 Å². The third-order valence-corrected chi connectivity index (χ3v) is 1.88. The molecule has 0 unspecified atom stereocenters. The first-order valence-corrected chi connectivity index (χ1v) is 5.81. The maximum atomic E-state index is 4.55. The van der Waals surface area contributed by atoms with E-state index in [-0.39, 0.29) is 0 Å². The first-order chi connectivity index (χ1) is 6.86. The normalized spacial score (nSPS) is 9.14. The van der Waals surface area contributed by atoms with E-state index in [0.29, 0.717) is 0 Å². The molecule has 1 aromatic rings. The molecular formula is C13H23N. The van der Waals surface area contributed by atoms with Crippen molar-refractivity contribution < 1.29 is 0 Å². The maximum Gasteiger partial charge on any atom is 0.0406 e. The summed E-state index contributed by atoms with van der Waals surface area (Å²) in [6, 6.07) is 6.34. The van der Waals surface area contributed by atoms with Gasteiger partial charge in [-0.3, -0.25) is 4.98 Å². The summed E-state index contributed by atoms with van der Waals surface area (Å²) >= 11 is 0. The molecule has 0 saturated heterocycles. The molecule has 0 radical (unpaired) electrons. The minimum Gasteiger partial charge on any atom is -0.258 e. The van der Waals surface area contributed by atoms with Crippen LogP contribution >= 0.6 is 0 Å². The minimum absolute atomic E-state index is 1.11. The fourth-order valence-corrected chi connectivity index (χ4v) is 1.32. The van der Waals surface area contributed by atoms with E-state index >= 15 is 0 Å². The Morgan fingerprint density at radius 2 is 1.36 bits per heavy atom. The van der Waals surface area contributed by atoms with E-state index in [1.807, 2.05) is 13.8 Å². The number of aryl methyl sites for hydroxylation is 2. The van der Waals surface area contributed by atoms with Crippen molar-refractivity contribution in [3.63, 3.8) is 0 Å². The van der Waals surface area contributed by atoms with Crippen molar-refractivity contribution in [1.29, 1.82) is 0 Å². The van der Waals surface area contributed by atoms with E-state index in [2.05, 4.69) is 37.0 Å². The SMILES string of the molecule is CC.CCCc1cccc(CCC)n1. The van der Waals surface area contributed by atoms with E-state index in [0.717, 1.165) is 12.8 Å². The molecule has 0 aliphatic heterocycles. The Morgan fingerprint density at radius 3 is 1.71 bits per heavy atom. The highest BCUT2D eigenvalue weighted by Crippen LogP contribution is 2.03. The summed E-state index contributed by atoms with van der Waals surface area (Å²) in [5.74, 6) is 0. The lowest BCUT2D eigenvalue weighted by Crippen LogP contribution is -1.94. The first-order valence-electron chi connectivity index (χ1n) is 5.81. The smallest absolute Gasteiger partial charge is 0.0406 e. The van der Waals surface area contributed by atoms with Crippen LogP contribution in [-0.4, -0.2) is 4.98 Å². The van der Waals surface area contributed by atoms with Gasteiger partial charge < -0.3 is 0 Å². The van der Waals surface area contributed by atoms with E-state index < -0.39 is 0 Å². The van der Waals surface area contributed by atoms with Gasteiger partial charge in [-0.1, -0.05) is 46.6 Å². The molecule has 0 fully saturated rings. The third kappa shape index (κ3) is 5.00. The van der Waals surface area contributed by atoms with Gasteiger partial charge >= 0.3 is 0 Å². The summed E-state index contributed by atoms with van der Waals surface area (Å²) in [5.41, 5.74) is 2.48. The Hall–Kier alpha value is -0.850. The molecule has 0 amide bonds. The van der Waals surface area contributed by atoms with Gasteiger partial charge in [-0.2, -0.15) is 0 Å². The van der Waals surface area contributed by atoms with Crippen LogP contribution < -0.4 is 0 Å². The van der Waals surface area contributed by atoms with Crippen LogP contribution in [0.3, 0.4) is 0 Å². The Kier molecular flexibility index (Phi) is 8.20. The van der Waals surface area contributed by atoms with Crippen LogP contribution in [-0.2, 0) is 12.8 Å². The van der Waals surface area contributed by atoms with Crippen LogP contribution in [0.1, 0.15) is 51.9 Å². The lowest BCUT2D eigenvalue weighted by atomic mass is 10.2. The molecule has 0 N–H and O–H groups in total. The lowest BCUT2D eigenvalue weighted by molar-refractivity contribution is 0.831. The molecule has 0 atom stereocenters. The molecule has 1 nitrogen and oxygen atoms in total. The summed E-state index contributed by atoms with van der Waals surface area (Å²) in [7, 11) is 0. The van der Waals surface area contributed by atoms with E-state index in [1.54, 1.807) is 0 Å². The van der Waals surface area contributed by atoms with E-state index in [4.69, 9.17) is 0 Å². The average molecular weight is 193 g/mol. The fraction of sp³-hybridized carbons (Fsp3) is 0.615. The number of hydrogen-bond donors (Lipinski definition) is 0. The molecule has 0 bridgehead atoms. The third-order valence-electron chi connectivity index (χ3n) is 1.88.